The summed E-state index contributed by atoms with van der Waals surface area (Å²) in [5, 5.41) is 2.03. The number of hydrazine groups is 1. The lowest BCUT2D eigenvalue weighted by atomic mass is 10.1. The summed E-state index contributed by atoms with van der Waals surface area (Å²) < 4.78 is 15.9. The Balaban J connectivity index is 1.64. The highest BCUT2D eigenvalue weighted by Gasteiger charge is 2.48. The fourth-order valence-corrected chi connectivity index (χ4v) is 3.81. The molecular formula is C28H26N2O6. The third-order valence-electron chi connectivity index (χ3n) is 5.56. The molecule has 1 saturated heterocycles. The van der Waals surface area contributed by atoms with E-state index >= 15 is 0 Å². The standard InChI is InChI=1S/C28H26N2O6/c1-34-26(31)25-18-24(17-21-11-5-2-6-12-21)29(27(32)35-19-22-13-7-3-8-14-22)30(25)28(33)36-20-23-15-9-4-10-16-23/h2-17,25H,18-20H2,1H3/b24-17+. The molecule has 184 valence electrons. The average molecular weight is 487 g/mol. The molecule has 0 saturated carbocycles. The Kier molecular flexibility index (Phi) is 7.97. The lowest BCUT2D eigenvalue weighted by Gasteiger charge is -2.29. The van der Waals surface area contributed by atoms with Gasteiger partial charge in [-0.1, -0.05) is 91.0 Å². The summed E-state index contributed by atoms with van der Waals surface area (Å²) in [5.74, 6) is -0.677. The molecule has 2 amide bonds. The summed E-state index contributed by atoms with van der Waals surface area (Å²) in [6.45, 7) is -0.0424. The maximum atomic E-state index is 13.3. The number of methoxy groups -OCH3 is 1. The third kappa shape index (κ3) is 5.90. The van der Waals surface area contributed by atoms with Gasteiger partial charge in [-0.2, -0.15) is 10.0 Å². The molecule has 1 unspecified atom stereocenters. The molecule has 3 aromatic carbocycles. The van der Waals surface area contributed by atoms with Gasteiger partial charge in [0.2, 0.25) is 0 Å². The van der Waals surface area contributed by atoms with Crippen molar-refractivity contribution in [3.8, 4) is 0 Å². The first kappa shape index (κ1) is 24.5. The van der Waals surface area contributed by atoms with Gasteiger partial charge in [-0.3, -0.25) is 0 Å². The van der Waals surface area contributed by atoms with Gasteiger partial charge in [-0.05, 0) is 22.8 Å². The maximum absolute atomic E-state index is 13.3. The first-order chi connectivity index (χ1) is 17.6. The van der Waals surface area contributed by atoms with Gasteiger partial charge < -0.3 is 14.2 Å². The van der Waals surface area contributed by atoms with Crippen molar-refractivity contribution in [2.24, 2.45) is 0 Å². The fourth-order valence-electron chi connectivity index (χ4n) is 3.81. The van der Waals surface area contributed by atoms with Gasteiger partial charge >= 0.3 is 18.2 Å². The Morgan fingerprint density at radius 1 is 0.778 bits per heavy atom. The second-order valence-corrected chi connectivity index (χ2v) is 8.03. The van der Waals surface area contributed by atoms with Crippen LogP contribution in [0.3, 0.4) is 0 Å². The van der Waals surface area contributed by atoms with E-state index in [1.54, 1.807) is 6.08 Å². The SMILES string of the molecule is COC(=O)C1C/C(=C\c2ccccc2)N(C(=O)OCc2ccccc2)N1C(=O)OCc1ccccc1. The summed E-state index contributed by atoms with van der Waals surface area (Å²) in [6, 6.07) is 26.5. The number of benzene rings is 3. The van der Waals surface area contributed by atoms with E-state index in [0.29, 0.717) is 5.70 Å². The number of amides is 2. The number of ether oxygens (including phenoxy) is 3. The van der Waals surface area contributed by atoms with Gasteiger partial charge in [0, 0.05) is 6.42 Å². The monoisotopic (exact) mass is 486 g/mol. The second-order valence-electron chi connectivity index (χ2n) is 8.03. The van der Waals surface area contributed by atoms with E-state index in [9.17, 15) is 14.4 Å². The Morgan fingerprint density at radius 3 is 1.81 bits per heavy atom. The summed E-state index contributed by atoms with van der Waals surface area (Å²) >= 11 is 0. The molecule has 1 aliphatic heterocycles. The van der Waals surface area contributed by atoms with Gasteiger partial charge in [0.05, 0.1) is 12.8 Å². The summed E-state index contributed by atoms with van der Waals surface area (Å²) in [4.78, 5) is 39.3. The van der Waals surface area contributed by atoms with Crippen molar-refractivity contribution in [2.45, 2.75) is 25.7 Å². The van der Waals surface area contributed by atoms with Crippen LogP contribution < -0.4 is 0 Å². The van der Waals surface area contributed by atoms with E-state index in [0.717, 1.165) is 26.7 Å². The minimum absolute atomic E-state index is 0.00934. The van der Waals surface area contributed by atoms with Crippen LogP contribution in [0.4, 0.5) is 9.59 Å². The van der Waals surface area contributed by atoms with Gasteiger partial charge in [0.15, 0.2) is 6.04 Å². The van der Waals surface area contributed by atoms with Crippen LogP contribution in [-0.4, -0.2) is 41.3 Å². The van der Waals surface area contributed by atoms with E-state index in [-0.39, 0.29) is 19.6 Å². The molecule has 0 N–H and O–H groups in total. The van der Waals surface area contributed by atoms with Crippen LogP contribution in [0.5, 0.6) is 0 Å². The van der Waals surface area contributed by atoms with Gasteiger partial charge in [0.1, 0.15) is 13.2 Å². The number of hydrogen-bond donors (Lipinski definition) is 0. The predicted molar refractivity (Wildman–Crippen MR) is 132 cm³/mol. The zero-order valence-corrected chi connectivity index (χ0v) is 19.8. The van der Waals surface area contributed by atoms with Crippen LogP contribution in [0.25, 0.3) is 6.08 Å². The first-order valence-corrected chi connectivity index (χ1v) is 11.4. The van der Waals surface area contributed by atoms with E-state index in [1.807, 2.05) is 91.0 Å². The highest BCUT2D eigenvalue weighted by Crippen LogP contribution is 2.32. The number of carbonyl (C=O) groups is 3. The van der Waals surface area contributed by atoms with Crippen LogP contribution in [0.2, 0.25) is 0 Å². The minimum atomic E-state index is -1.10. The normalized spacial score (nSPS) is 16.0. The zero-order chi connectivity index (χ0) is 25.3. The average Bonchev–Trinajstić information content (AvgIpc) is 3.30. The largest absolute Gasteiger partial charge is 0.467 e. The Hall–Kier alpha value is -4.59. The number of nitrogens with zero attached hydrogens (tertiary/aromatic N) is 2. The molecule has 8 nitrogen and oxygen atoms in total. The van der Waals surface area contributed by atoms with Crippen LogP contribution >= 0.6 is 0 Å². The van der Waals surface area contributed by atoms with Crippen molar-refractivity contribution in [1.29, 1.82) is 0 Å². The molecule has 3 aromatic rings. The van der Waals surface area contributed by atoms with Crippen LogP contribution in [0, 0.1) is 0 Å². The van der Waals surface area contributed by atoms with Gasteiger partial charge in [-0.15, -0.1) is 0 Å². The number of rotatable bonds is 6. The van der Waals surface area contributed by atoms with Crippen LogP contribution in [0.15, 0.2) is 96.7 Å². The van der Waals surface area contributed by atoms with Crippen LogP contribution in [-0.2, 0) is 32.2 Å². The van der Waals surface area contributed by atoms with E-state index in [4.69, 9.17) is 14.2 Å². The van der Waals surface area contributed by atoms with Crippen molar-refractivity contribution in [3.05, 3.63) is 113 Å². The first-order valence-electron chi connectivity index (χ1n) is 11.4. The molecule has 8 heteroatoms. The minimum Gasteiger partial charge on any atom is -0.467 e. The predicted octanol–water partition coefficient (Wildman–Crippen LogP) is 5.17. The van der Waals surface area contributed by atoms with Crippen molar-refractivity contribution in [2.75, 3.05) is 7.11 Å². The molecule has 1 aliphatic rings. The van der Waals surface area contributed by atoms with Crippen molar-refractivity contribution in [1.82, 2.24) is 10.0 Å². The Morgan fingerprint density at radius 2 is 1.28 bits per heavy atom. The van der Waals surface area contributed by atoms with E-state index in [1.165, 1.54) is 7.11 Å². The molecule has 4 rings (SSSR count). The smallest absolute Gasteiger partial charge is 0.433 e. The second kappa shape index (κ2) is 11.7. The fraction of sp³-hybridized carbons (Fsp3) is 0.179. The Labute approximate surface area is 209 Å². The topological polar surface area (TPSA) is 85.4 Å². The van der Waals surface area contributed by atoms with E-state index in [2.05, 4.69) is 0 Å². The number of carbonyl (C=O) groups excluding carboxylic acids is 3. The summed E-state index contributed by atoms with van der Waals surface area (Å²) in [5.41, 5.74) is 2.72. The lowest BCUT2D eigenvalue weighted by Crippen LogP contribution is -2.50. The summed E-state index contributed by atoms with van der Waals surface area (Å²) in [6.07, 6.45) is 0.0820. The van der Waals surface area contributed by atoms with Crippen molar-refractivity contribution < 1.29 is 28.6 Å². The van der Waals surface area contributed by atoms with Crippen LogP contribution in [0.1, 0.15) is 23.1 Å². The molecular weight excluding hydrogens is 460 g/mol. The lowest BCUT2D eigenvalue weighted by molar-refractivity contribution is -0.148. The van der Waals surface area contributed by atoms with E-state index < -0.39 is 24.2 Å². The highest BCUT2D eigenvalue weighted by molar-refractivity contribution is 5.86. The molecule has 0 spiro atoms. The molecule has 36 heavy (non-hydrogen) atoms. The quantitative estimate of drug-likeness (QED) is 0.353. The molecule has 0 bridgehead atoms. The molecule has 0 aromatic heterocycles. The maximum Gasteiger partial charge on any atom is 0.433 e. The molecule has 1 atom stereocenters. The summed E-state index contributed by atoms with van der Waals surface area (Å²) in [7, 11) is 1.23. The molecule has 1 fully saturated rings. The molecule has 0 radical (unpaired) electrons. The Bertz CT molecular complexity index is 1210. The molecule has 1 heterocycles. The highest BCUT2D eigenvalue weighted by atomic mass is 16.6. The number of esters is 1. The number of hydrogen-bond acceptors (Lipinski definition) is 6. The molecule has 0 aliphatic carbocycles. The third-order valence-corrected chi connectivity index (χ3v) is 5.56. The van der Waals surface area contributed by atoms with Crippen molar-refractivity contribution in [3.63, 3.8) is 0 Å². The zero-order valence-electron chi connectivity index (χ0n) is 19.8. The van der Waals surface area contributed by atoms with Gasteiger partial charge in [-0.25, -0.2) is 14.4 Å². The van der Waals surface area contributed by atoms with Gasteiger partial charge in [0.25, 0.3) is 0 Å². The van der Waals surface area contributed by atoms with Crippen molar-refractivity contribution >= 4 is 24.2 Å².